The Morgan fingerprint density at radius 3 is 2.78 bits per heavy atom. The van der Waals surface area contributed by atoms with Gasteiger partial charge in [-0.3, -0.25) is 14.8 Å². The van der Waals surface area contributed by atoms with E-state index in [9.17, 15) is 0 Å². The summed E-state index contributed by atoms with van der Waals surface area (Å²) in [5.41, 5.74) is 3.66. The van der Waals surface area contributed by atoms with Crippen LogP contribution in [0.5, 0.6) is 0 Å². The summed E-state index contributed by atoms with van der Waals surface area (Å²) in [6.07, 6.45) is 1.31. The average molecular weight is 310 g/mol. The third-order valence-corrected chi connectivity index (χ3v) is 5.28. The summed E-state index contributed by atoms with van der Waals surface area (Å²) < 4.78 is 0. The molecule has 4 rings (SSSR count). The number of pyridine rings is 1. The van der Waals surface area contributed by atoms with Crippen molar-refractivity contribution in [1.29, 1.82) is 0 Å². The van der Waals surface area contributed by atoms with Crippen LogP contribution < -0.4 is 5.32 Å². The fraction of sp³-hybridized carbons (Fsp3) is 0.526. The Hall–Kier alpha value is -1.49. The molecule has 1 aromatic heterocycles. The molecule has 3 heterocycles. The predicted molar refractivity (Wildman–Crippen MR) is 94.6 cm³/mol. The number of fused-ring (bicyclic) bond motifs is 1. The number of rotatable bonds is 3. The van der Waals surface area contributed by atoms with Gasteiger partial charge in [0.15, 0.2) is 0 Å². The SMILES string of the molecule is Cc1cc(CN2CCN(C3CCNC3)CC2)c2ccccc2n1. The Bertz CT molecular complexity index is 670. The lowest BCUT2D eigenvalue weighted by molar-refractivity contribution is 0.0984. The van der Waals surface area contributed by atoms with Crippen molar-refractivity contribution in [1.82, 2.24) is 20.1 Å². The van der Waals surface area contributed by atoms with Gasteiger partial charge in [-0.2, -0.15) is 0 Å². The number of nitrogens with zero attached hydrogens (tertiary/aromatic N) is 3. The molecule has 2 saturated heterocycles. The number of piperazine rings is 1. The van der Waals surface area contributed by atoms with E-state index in [2.05, 4.69) is 57.4 Å². The summed E-state index contributed by atoms with van der Waals surface area (Å²) in [6.45, 7) is 10.3. The van der Waals surface area contributed by atoms with E-state index in [0.29, 0.717) is 0 Å². The number of benzene rings is 1. The minimum absolute atomic E-state index is 0.765. The van der Waals surface area contributed by atoms with Crippen LogP contribution in [0.3, 0.4) is 0 Å². The maximum atomic E-state index is 4.66. The highest BCUT2D eigenvalue weighted by atomic mass is 15.3. The average Bonchev–Trinajstić information content (AvgIpc) is 3.10. The first-order valence-electron chi connectivity index (χ1n) is 8.82. The summed E-state index contributed by atoms with van der Waals surface area (Å²) in [5.74, 6) is 0. The molecular formula is C19H26N4. The van der Waals surface area contributed by atoms with Gasteiger partial charge in [-0.25, -0.2) is 0 Å². The maximum absolute atomic E-state index is 4.66. The molecule has 0 radical (unpaired) electrons. The Balaban J connectivity index is 1.45. The molecular weight excluding hydrogens is 284 g/mol. The molecule has 0 aliphatic carbocycles. The van der Waals surface area contributed by atoms with Crippen LogP contribution in [-0.4, -0.2) is 60.1 Å². The highest BCUT2D eigenvalue weighted by Gasteiger charge is 2.26. The van der Waals surface area contributed by atoms with Crippen LogP contribution in [0.1, 0.15) is 17.7 Å². The van der Waals surface area contributed by atoms with Gasteiger partial charge in [-0.05, 0) is 37.6 Å². The molecule has 1 atom stereocenters. The van der Waals surface area contributed by atoms with Gasteiger partial charge in [0.2, 0.25) is 0 Å². The second-order valence-electron chi connectivity index (χ2n) is 6.90. The number of nitrogens with one attached hydrogen (secondary N) is 1. The minimum atomic E-state index is 0.765. The molecule has 0 bridgehead atoms. The van der Waals surface area contributed by atoms with Gasteiger partial charge < -0.3 is 5.32 Å². The molecule has 0 amide bonds. The third-order valence-electron chi connectivity index (χ3n) is 5.28. The zero-order valence-corrected chi connectivity index (χ0v) is 14.0. The first-order chi connectivity index (χ1) is 11.3. The lowest BCUT2D eigenvalue weighted by Gasteiger charge is -2.38. The van der Waals surface area contributed by atoms with Crippen molar-refractivity contribution in [2.24, 2.45) is 0 Å². The summed E-state index contributed by atoms with van der Waals surface area (Å²) in [7, 11) is 0. The van der Waals surface area contributed by atoms with Crippen LogP contribution in [0.15, 0.2) is 30.3 Å². The zero-order valence-electron chi connectivity index (χ0n) is 14.0. The lowest BCUT2D eigenvalue weighted by Crippen LogP contribution is -2.50. The van der Waals surface area contributed by atoms with Crippen LogP contribution in [0.25, 0.3) is 10.9 Å². The van der Waals surface area contributed by atoms with Gasteiger partial charge in [0.05, 0.1) is 5.52 Å². The van der Waals surface area contributed by atoms with E-state index in [0.717, 1.165) is 23.8 Å². The van der Waals surface area contributed by atoms with E-state index < -0.39 is 0 Å². The van der Waals surface area contributed by atoms with Gasteiger partial charge in [-0.1, -0.05) is 18.2 Å². The number of aryl methyl sites for hydroxylation is 1. The monoisotopic (exact) mass is 310 g/mol. The molecule has 122 valence electrons. The van der Waals surface area contributed by atoms with Gasteiger partial charge in [-0.15, -0.1) is 0 Å². The van der Waals surface area contributed by atoms with Gasteiger partial charge in [0.1, 0.15) is 0 Å². The molecule has 0 spiro atoms. The molecule has 4 nitrogen and oxygen atoms in total. The van der Waals surface area contributed by atoms with Crippen LogP contribution in [0.2, 0.25) is 0 Å². The first kappa shape index (κ1) is 15.1. The zero-order chi connectivity index (χ0) is 15.6. The topological polar surface area (TPSA) is 31.4 Å². The molecule has 2 aromatic rings. The standard InChI is InChI=1S/C19H26N4/c1-15-12-16(18-4-2-3-5-19(18)21-15)14-22-8-10-23(11-9-22)17-6-7-20-13-17/h2-5,12,17,20H,6-11,13-14H2,1H3. The summed E-state index contributed by atoms with van der Waals surface area (Å²) in [4.78, 5) is 9.93. The smallest absolute Gasteiger partial charge is 0.0708 e. The number of hydrogen-bond acceptors (Lipinski definition) is 4. The van der Waals surface area contributed by atoms with Crippen molar-refractivity contribution in [2.45, 2.75) is 25.9 Å². The predicted octanol–water partition coefficient (Wildman–Crippen LogP) is 2.02. The van der Waals surface area contributed by atoms with Gasteiger partial charge >= 0.3 is 0 Å². The fourth-order valence-electron chi connectivity index (χ4n) is 4.00. The Morgan fingerprint density at radius 1 is 1.17 bits per heavy atom. The quantitative estimate of drug-likeness (QED) is 0.940. The molecule has 23 heavy (non-hydrogen) atoms. The van der Waals surface area contributed by atoms with Crippen molar-refractivity contribution < 1.29 is 0 Å². The first-order valence-corrected chi connectivity index (χ1v) is 8.82. The molecule has 1 aromatic carbocycles. The van der Waals surface area contributed by atoms with Gasteiger partial charge in [0, 0.05) is 56.4 Å². The molecule has 1 N–H and O–H groups in total. The second kappa shape index (κ2) is 6.56. The Kier molecular flexibility index (Phi) is 4.29. The summed E-state index contributed by atoms with van der Waals surface area (Å²) in [6, 6.07) is 11.5. The lowest BCUT2D eigenvalue weighted by atomic mass is 10.1. The molecule has 2 fully saturated rings. The summed E-state index contributed by atoms with van der Waals surface area (Å²) in [5, 5.41) is 4.79. The molecule has 2 aliphatic rings. The fourth-order valence-corrected chi connectivity index (χ4v) is 4.00. The van der Waals surface area contributed by atoms with Crippen LogP contribution >= 0.6 is 0 Å². The maximum Gasteiger partial charge on any atom is 0.0708 e. The molecule has 0 saturated carbocycles. The number of hydrogen-bond donors (Lipinski definition) is 1. The van der Waals surface area contributed by atoms with Crippen LogP contribution in [0.4, 0.5) is 0 Å². The van der Waals surface area contributed by atoms with Crippen molar-refractivity contribution >= 4 is 10.9 Å². The second-order valence-corrected chi connectivity index (χ2v) is 6.90. The Morgan fingerprint density at radius 2 is 2.00 bits per heavy atom. The number of para-hydroxylation sites is 1. The van der Waals surface area contributed by atoms with Crippen molar-refractivity contribution in [3.05, 3.63) is 41.6 Å². The van der Waals surface area contributed by atoms with E-state index >= 15 is 0 Å². The Labute approximate surface area is 138 Å². The van der Waals surface area contributed by atoms with E-state index in [4.69, 9.17) is 0 Å². The summed E-state index contributed by atoms with van der Waals surface area (Å²) >= 11 is 0. The van der Waals surface area contributed by atoms with E-state index in [1.165, 1.54) is 56.6 Å². The molecule has 1 unspecified atom stereocenters. The van der Waals surface area contributed by atoms with Crippen LogP contribution in [-0.2, 0) is 6.54 Å². The van der Waals surface area contributed by atoms with E-state index in [-0.39, 0.29) is 0 Å². The van der Waals surface area contributed by atoms with Crippen molar-refractivity contribution in [3.63, 3.8) is 0 Å². The van der Waals surface area contributed by atoms with E-state index in [1.54, 1.807) is 0 Å². The molecule has 2 aliphatic heterocycles. The van der Waals surface area contributed by atoms with Crippen molar-refractivity contribution in [3.8, 4) is 0 Å². The highest BCUT2D eigenvalue weighted by Crippen LogP contribution is 2.21. The van der Waals surface area contributed by atoms with Gasteiger partial charge in [0.25, 0.3) is 0 Å². The molecule has 4 heteroatoms. The normalized spacial score (nSPS) is 23.6. The minimum Gasteiger partial charge on any atom is -0.315 e. The third kappa shape index (κ3) is 3.25. The number of aromatic nitrogens is 1. The largest absolute Gasteiger partial charge is 0.315 e. The van der Waals surface area contributed by atoms with E-state index in [1.807, 2.05) is 0 Å². The van der Waals surface area contributed by atoms with Crippen molar-refractivity contribution in [2.75, 3.05) is 39.3 Å². The van der Waals surface area contributed by atoms with Crippen LogP contribution in [0, 0.1) is 6.92 Å². The highest BCUT2D eigenvalue weighted by molar-refractivity contribution is 5.82.